The highest BCUT2D eigenvalue weighted by Gasteiger charge is 2.60. The van der Waals surface area contributed by atoms with Gasteiger partial charge in [-0.1, -0.05) is 12.1 Å². The molecule has 2 aliphatic rings. The van der Waals surface area contributed by atoms with Crippen LogP contribution in [-0.4, -0.2) is 71.4 Å². The van der Waals surface area contributed by atoms with E-state index in [9.17, 15) is 29.7 Å². The van der Waals surface area contributed by atoms with E-state index in [1.54, 1.807) is 12.1 Å². The van der Waals surface area contributed by atoms with Gasteiger partial charge in [-0.25, -0.2) is 14.4 Å². The third-order valence-corrected chi connectivity index (χ3v) is 6.20. The standard InChI is InChI=1S/C27H26O11/c1-34-19-11-15(3-7-17(19)28)5-9-23(30)36-21-13-27(33)14-22(37-26(27)32)25(21)38-24(31)10-6-16-4-8-18(29)20(12-16)35-2/h3-12,21-22,25,28-29,33H,13-14H2,1-2H3/b9-5+,10-6+/t21-,22?,25+,27-/m0/s1. The highest BCUT2D eigenvalue weighted by molar-refractivity contribution is 5.89. The highest BCUT2D eigenvalue weighted by Crippen LogP contribution is 2.41. The summed E-state index contributed by atoms with van der Waals surface area (Å²) in [6.07, 6.45) is 1.35. The zero-order valence-corrected chi connectivity index (χ0v) is 20.5. The number of ether oxygens (including phenoxy) is 5. The molecule has 0 aromatic heterocycles. The van der Waals surface area contributed by atoms with E-state index >= 15 is 0 Å². The van der Waals surface area contributed by atoms with E-state index in [0.29, 0.717) is 11.1 Å². The minimum Gasteiger partial charge on any atom is -0.504 e. The van der Waals surface area contributed by atoms with Gasteiger partial charge in [0, 0.05) is 25.0 Å². The van der Waals surface area contributed by atoms with Gasteiger partial charge in [-0.15, -0.1) is 0 Å². The van der Waals surface area contributed by atoms with Gasteiger partial charge in [0.05, 0.1) is 14.2 Å². The van der Waals surface area contributed by atoms with Crippen molar-refractivity contribution in [1.29, 1.82) is 0 Å². The van der Waals surface area contributed by atoms with E-state index in [1.165, 1.54) is 50.6 Å². The summed E-state index contributed by atoms with van der Waals surface area (Å²) >= 11 is 0. The minimum absolute atomic E-state index is 0.0618. The number of carbonyl (C=O) groups excluding carboxylic acids is 3. The number of aliphatic hydroxyl groups is 1. The van der Waals surface area contributed by atoms with Crippen molar-refractivity contribution in [3.05, 3.63) is 59.7 Å². The molecule has 38 heavy (non-hydrogen) atoms. The number of fused-ring (bicyclic) bond motifs is 2. The normalized spacial score (nSPS) is 24.3. The minimum atomic E-state index is -1.86. The fourth-order valence-corrected chi connectivity index (χ4v) is 4.29. The second kappa shape index (κ2) is 10.9. The van der Waals surface area contributed by atoms with Gasteiger partial charge in [-0.3, -0.25) is 0 Å². The Balaban J connectivity index is 1.47. The van der Waals surface area contributed by atoms with E-state index in [-0.39, 0.29) is 35.8 Å². The largest absolute Gasteiger partial charge is 0.504 e. The van der Waals surface area contributed by atoms with Crippen molar-refractivity contribution < 1.29 is 53.4 Å². The Kier molecular flexibility index (Phi) is 7.58. The number of aromatic hydroxyl groups is 2. The topological polar surface area (TPSA) is 158 Å². The highest BCUT2D eigenvalue weighted by atomic mass is 16.6. The van der Waals surface area contributed by atoms with E-state index in [4.69, 9.17) is 23.7 Å². The maximum Gasteiger partial charge on any atom is 0.338 e. The van der Waals surface area contributed by atoms with Gasteiger partial charge in [0.15, 0.2) is 34.7 Å². The van der Waals surface area contributed by atoms with Crippen LogP contribution in [-0.2, 0) is 28.6 Å². The average Bonchev–Trinajstić information content (AvgIpc) is 3.14. The Morgan fingerprint density at radius 3 is 1.95 bits per heavy atom. The Bertz CT molecular complexity index is 1300. The lowest BCUT2D eigenvalue weighted by atomic mass is 9.82. The fraction of sp³-hybridized carbons (Fsp3) is 0.296. The Morgan fingerprint density at radius 2 is 1.42 bits per heavy atom. The molecule has 11 heteroatoms. The molecule has 1 aliphatic carbocycles. The summed E-state index contributed by atoms with van der Waals surface area (Å²) in [4.78, 5) is 37.4. The van der Waals surface area contributed by atoms with Gasteiger partial charge in [0.25, 0.3) is 0 Å². The lowest BCUT2D eigenvalue weighted by molar-refractivity contribution is -0.178. The van der Waals surface area contributed by atoms with E-state index in [0.717, 1.165) is 12.2 Å². The zero-order chi connectivity index (χ0) is 27.4. The number of esters is 3. The molecule has 4 atom stereocenters. The van der Waals surface area contributed by atoms with Gasteiger partial charge in [0.1, 0.15) is 12.2 Å². The number of carbonyl (C=O) groups is 3. The number of phenols is 2. The van der Waals surface area contributed by atoms with E-state index in [1.807, 2.05) is 0 Å². The average molecular weight is 526 g/mol. The molecule has 2 aromatic rings. The van der Waals surface area contributed by atoms with Crippen molar-refractivity contribution in [3.63, 3.8) is 0 Å². The lowest BCUT2D eigenvalue weighted by Gasteiger charge is -2.35. The molecule has 2 fully saturated rings. The number of hydrogen-bond donors (Lipinski definition) is 3. The fourth-order valence-electron chi connectivity index (χ4n) is 4.29. The first kappa shape index (κ1) is 26.6. The summed E-state index contributed by atoms with van der Waals surface area (Å²) < 4.78 is 26.2. The number of hydrogen-bond acceptors (Lipinski definition) is 11. The van der Waals surface area contributed by atoms with Gasteiger partial charge < -0.3 is 39.0 Å². The van der Waals surface area contributed by atoms with Crippen LogP contribution in [0.25, 0.3) is 12.2 Å². The van der Waals surface area contributed by atoms with Crippen molar-refractivity contribution >= 4 is 30.1 Å². The molecule has 1 saturated heterocycles. The Labute approximate surface area is 217 Å². The van der Waals surface area contributed by atoms with Crippen LogP contribution < -0.4 is 9.47 Å². The second-order valence-electron chi connectivity index (χ2n) is 8.79. The molecule has 1 heterocycles. The lowest BCUT2D eigenvalue weighted by Crippen LogP contribution is -2.51. The maximum absolute atomic E-state index is 12.6. The van der Waals surface area contributed by atoms with Crippen molar-refractivity contribution in [1.82, 2.24) is 0 Å². The molecule has 11 nitrogen and oxygen atoms in total. The predicted octanol–water partition coefficient (Wildman–Crippen LogP) is 2.12. The molecule has 4 rings (SSSR count). The number of benzene rings is 2. The second-order valence-corrected chi connectivity index (χ2v) is 8.79. The van der Waals surface area contributed by atoms with Crippen LogP contribution in [0.2, 0.25) is 0 Å². The zero-order valence-electron chi connectivity index (χ0n) is 20.5. The third-order valence-electron chi connectivity index (χ3n) is 6.20. The monoisotopic (exact) mass is 526 g/mol. The van der Waals surface area contributed by atoms with E-state index < -0.39 is 41.8 Å². The first-order chi connectivity index (χ1) is 18.1. The summed E-state index contributed by atoms with van der Waals surface area (Å²) in [5, 5.41) is 30.0. The molecular weight excluding hydrogens is 500 g/mol. The van der Waals surface area contributed by atoms with Crippen molar-refractivity contribution in [3.8, 4) is 23.0 Å². The molecule has 1 unspecified atom stereocenters. The van der Waals surface area contributed by atoms with Gasteiger partial charge in [-0.05, 0) is 47.5 Å². The summed E-state index contributed by atoms with van der Waals surface area (Å²) in [6.45, 7) is 0. The van der Waals surface area contributed by atoms with Gasteiger partial charge in [-0.2, -0.15) is 0 Å². The quantitative estimate of drug-likeness (QED) is 0.263. The van der Waals surface area contributed by atoms with E-state index in [2.05, 4.69) is 0 Å². The molecular formula is C27H26O11. The Hall–Kier alpha value is -4.51. The summed E-state index contributed by atoms with van der Waals surface area (Å²) in [6, 6.07) is 8.94. The first-order valence-electron chi connectivity index (χ1n) is 11.6. The van der Waals surface area contributed by atoms with Crippen molar-refractivity contribution in [2.45, 2.75) is 36.8 Å². The molecule has 1 saturated carbocycles. The van der Waals surface area contributed by atoms with Gasteiger partial charge in [0.2, 0.25) is 0 Å². The van der Waals surface area contributed by atoms with Crippen LogP contribution in [0.15, 0.2) is 48.6 Å². The molecule has 2 aromatic carbocycles. The Morgan fingerprint density at radius 1 is 0.895 bits per heavy atom. The van der Waals surface area contributed by atoms with Crippen LogP contribution >= 0.6 is 0 Å². The number of methoxy groups -OCH3 is 2. The third kappa shape index (κ3) is 5.73. The molecule has 3 N–H and O–H groups in total. The van der Waals surface area contributed by atoms with Crippen LogP contribution in [0.4, 0.5) is 0 Å². The molecule has 0 radical (unpaired) electrons. The summed E-state index contributed by atoms with van der Waals surface area (Å²) in [5.41, 5.74) is -0.775. The number of phenolic OH excluding ortho intramolecular Hbond substituents is 2. The van der Waals surface area contributed by atoms with Crippen molar-refractivity contribution in [2.75, 3.05) is 14.2 Å². The van der Waals surface area contributed by atoms with Crippen molar-refractivity contribution in [2.24, 2.45) is 0 Å². The smallest absolute Gasteiger partial charge is 0.338 e. The molecule has 200 valence electrons. The summed E-state index contributed by atoms with van der Waals surface area (Å²) in [5.74, 6) is -2.18. The molecule has 0 spiro atoms. The van der Waals surface area contributed by atoms with Crippen LogP contribution in [0.1, 0.15) is 24.0 Å². The molecule has 0 amide bonds. The van der Waals surface area contributed by atoms with Crippen LogP contribution in [0, 0.1) is 0 Å². The van der Waals surface area contributed by atoms with Crippen LogP contribution in [0.3, 0.4) is 0 Å². The van der Waals surface area contributed by atoms with Crippen LogP contribution in [0.5, 0.6) is 23.0 Å². The maximum atomic E-state index is 12.6. The van der Waals surface area contributed by atoms with Gasteiger partial charge >= 0.3 is 17.9 Å². The SMILES string of the molecule is COc1cc(/C=C/C(=O)O[C@H]2C[C@]3(O)CC(OC3=O)[C@@H]2OC(=O)/C=C/c2ccc(O)c(OC)c2)ccc1O. The predicted molar refractivity (Wildman–Crippen MR) is 131 cm³/mol. The summed E-state index contributed by atoms with van der Waals surface area (Å²) in [7, 11) is 2.78. The molecule has 1 aliphatic heterocycles. The molecule has 2 bridgehead atoms. The number of rotatable bonds is 8. The first-order valence-corrected chi connectivity index (χ1v) is 11.6.